The van der Waals surface area contributed by atoms with Crippen molar-refractivity contribution in [3.8, 4) is 11.4 Å². The van der Waals surface area contributed by atoms with Crippen LogP contribution in [-0.4, -0.2) is 35.8 Å². The molecular formula is C14H17N3O3S. The highest BCUT2D eigenvalue weighted by atomic mass is 32.1. The van der Waals surface area contributed by atoms with Crippen molar-refractivity contribution in [2.75, 3.05) is 19.8 Å². The Hall–Kier alpha value is -1.73. The second-order valence-corrected chi connectivity index (χ2v) is 5.84. The Morgan fingerprint density at radius 2 is 2.48 bits per heavy atom. The lowest BCUT2D eigenvalue weighted by Crippen LogP contribution is -2.29. The molecule has 112 valence electrons. The normalized spacial score (nSPS) is 18.0. The van der Waals surface area contributed by atoms with Crippen molar-refractivity contribution in [2.24, 2.45) is 5.92 Å². The van der Waals surface area contributed by atoms with Crippen LogP contribution in [0.5, 0.6) is 0 Å². The third-order valence-electron chi connectivity index (χ3n) is 3.43. The summed E-state index contributed by atoms with van der Waals surface area (Å²) in [6, 6.07) is 1.94. The van der Waals surface area contributed by atoms with Gasteiger partial charge in [0.1, 0.15) is 0 Å². The van der Waals surface area contributed by atoms with Crippen LogP contribution in [0.2, 0.25) is 0 Å². The molecule has 0 unspecified atom stereocenters. The van der Waals surface area contributed by atoms with Crippen molar-refractivity contribution in [1.29, 1.82) is 0 Å². The second kappa shape index (κ2) is 6.82. The van der Waals surface area contributed by atoms with Crippen molar-refractivity contribution < 1.29 is 14.1 Å². The van der Waals surface area contributed by atoms with E-state index in [-0.39, 0.29) is 5.91 Å². The maximum atomic E-state index is 11.8. The van der Waals surface area contributed by atoms with E-state index in [2.05, 4.69) is 15.5 Å². The lowest BCUT2D eigenvalue weighted by Gasteiger charge is -2.08. The van der Waals surface area contributed by atoms with Crippen LogP contribution >= 0.6 is 11.3 Å². The molecule has 0 saturated carbocycles. The lowest BCUT2D eigenvalue weighted by molar-refractivity contribution is -0.121. The summed E-state index contributed by atoms with van der Waals surface area (Å²) >= 11 is 1.58. The van der Waals surface area contributed by atoms with Gasteiger partial charge in [0.25, 0.3) is 0 Å². The number of aromatic nitrogens is 2. The Morgan fingerprint density at radius 1 is 1.52 bits per heavy atom. The van der Waals surface area contributed by atoms with Gasteiger partial charge in [-0.2, -0.15) is 16.3 Å². The van der Waals surface area contributed by atoms with Crippen molar-refractivity contribution in [2.45, 2.75) is 19.3 Å². The fourth-order valence-electron chi connectivity index (χ4n) is 2.18. The third-order valence-corrected chi connectivity index (χ3v) is 4.11. The molecule has 21 heavy (non-hydrogen) atoms. The zero-order chi connectivity index (χ0) is 14.5. The van der Waals surface area contributed by atoms with E-state index in [0.29, 0.717) is 37.0 Å². The van der Waals surface area contributed by atoms with Gasteiger partial charge in [0.05, 0.1) is 6.61 Å². The first-order valence-corrected chi connectivity index (χ1v) is 7.95. The molecule has 2 aromatic heterocycles. The molecule has 6 nitrogen and oxygen atoms in total. The van der Waals surface area contributed by atoms with Crippen LogP contribution in [0, 0.1) is 5.92 Å². The van der Waals surface area contributed by atoms with E-state index in [1.165, 1.54) is 0 Å². The van der Waals surface area contributed by atoms with Crippen LogP contribution in [0.4, 0.5) is 0 Å². The average molecular weight is 307 g/mol. The minimum Gasteiger partial charge on any atom is -0.381 e. The molecular weight excluding hydrogens is 290 g/mol. The zero-order valence-electron chi connectivity index (χ0n) is 11.6. The number of amides is 1. The van der Waals surface area contributed by atoms with Crippen LogP contribution < -0.4 is 5.32 Å². The molecule has 7 heteroatoms. The predicted molar refractivity (Wildman–Crippen MR) is 77.9 cm³/mol. The van der Waals surface area contributed by atoms with E-state index >= 15 is 0 Å². The van der Waals surface area contributed by atoms with Gasteiger partial charge < -0.3 is 14.6 Å². The fraction of sp³-hybridized carbons (Fsp3) is 0.500. The van der Waals surface area contributed by atoms with Crippen LogP contribution in [0.3, 0.4) is 0 Å². The number of carbonyl (C=O) groups is 1. The first-order chi connectivity index (χ1) is 10.3. The minimum atomic E-state index is 0.0113. The summed E-state index contributed by atoms with van der Waals surface area (Å²) in [5, 5.41) is 10.8. The molecule has 1 fully saturated rings. The number of nitrogens with zero attached hydrogens (tertiary/aromatic N) is 2. The lowest BCUT2D eigenvalue weighted by atomic mass is 10.1. The Kier molecular flexibility index (Phi) is 4.62. The number of aryl methyl sites for hydroxylation is 1. The molecule has 3 heterocycles. The summed E-state index contributed by atoms with van der Waals surface area (Å²) in [4.78, 5) is 16.1. The maximum Gasteiger partial charge on any atom is 0.227 e. The van der Waals surface area contributed by atoms with E-state index in [1.54, 1.807) is 11.3 Å². The molecule has 0 aliphatic carbocycles. The van der Waals surface area contributed by atoms with Crippen LogP contribution in [0.15, 0.2) is 21.3 Å². The van der Waals surface area contributed by atoms with E-state index in [1.807, 2.05) is 16.8 Å². The van der Waals surface area contributed by atoms with Gasteiger partial charge in [-0.1, -0.05) is 5.16 Å². The number of rotatable bonds is 6. The number of ether oxygens (including phenoxy) is 1. The second-order valence-electron chi connectivity index (χ2n) is 5.06. The van der Waals surface area contributed by atoms with Crippen LogP contribution in [-0.2, 0) is 16.0 Å². The molecule has 1 saturated heterocycles. The van der Waals surface area contributed by atoms with Gasteiger partial charge in [0.15, 0.2) is 0 Å². The summed E-state index contributed by atoms with van der Waals surface area (Å²) in [5.41, 5.74) is 0.945. The molecule has 1 aliphatic rings. The van der Waals surface area contributed by atoms with Crippen molar-refractivity contribution in [1.82, 2.24) is 15.5 Å². The van der Waals surface area contributed by atoms with Crippen molar-refractivity contribution >= 4 is 17.2 Å². The molecule has 0 aromatic carbocycles. The molecule has 1 amide bonds. The fourth-order valence-corrected chi connectivity index (χ4v) is 2.81. The number of hydrogen-bond acceptors (Lipinski definition) is 6. The summed E-state index contributed by atoms with van der Waals surface area (Å²) in [6.45, 7) is 2.23. The van der Waals surface area contributed by atoms with Crippen LogP contribution in [0.25, 0.3) is 11.4 Å². The van der Waals surface area contributed by atoms with Gasteiger partial charge in [0.2, 0.25) is 17.6 Å². The zero-order valence-corrected chi connectivity index (χ0v) is 12.4. The summed E-state index contributed by atoms with van der Waals surface area (Å²) in [6.07, 6.45) is 1.84. The topological polar surface area (TPSA) is 77.2 Å². The Labute approximate surface area is 126 Å². The number of hydrogen-bond donors (Lipinski definition) is 1. The van der Waals surface area contributed by atoms with E-state index in [4.69, 9.17) is 9.26 Å². The SMILES string of the molecule is O=C(CCc1nc(-c2ccsc2)no1)NC[C@@H]1CCOC1. The Bertz CT molecular complexity index is 576. The molecule has 1 aliphatic heterocycles. The Morgan fingerprint density at radius 3 is 3.24 bits per heavy atom. The number of nitrogens with one attached hydrogen (secondary N) is 1. The minimum absolute atomic E-state index is 0.0113. The highest BCUT2D eigenvalue weighted by molar-refractivity contribution is 7.08. The average Bonchev–Trinajstić information content (AvgIpc) is 3.24. The quantitative estimate of drug-likeness (QED) is 0.881. The Balaban J connectivity index is 1.43. The molecule has 2 aromatic rings. The van der Waals surface area contributed by atoms with E-state index in [9.17, 15) is 4.79 Å². The van der Waals surface area contributed by atoms with E-state index < -0.39 is 0 Å². The highest BCUT2D eigenvalue weighted by Crippen LogP contribution is 2.19. The molecule has 1 N–H and O–H groups in total. The van der Waals surface area contributed by atoms with Crippen molar-refractivity contribution in [3.05, 3.63) is 22.7 Å². The number of thiophene rings is 1. The van der Waals surface area contributed by atoms with E-state index in [0.717, 1.165) is 25.2 Å². The summed E-state index contributed by atoms with van der Waals surface area (Å²) in [5.74, 6) is 1.53. The molecule has 1 atom stereocenters. The van der Waals surface area contributed by atoms with Gasteiger partial charge in [0, 0.05) is 42.9 Å². The molecule has 0 spiro atoms. The first-order valence-electron chi connectivity index (χ1n) is 7.01. The van der Waals surface area contributed by atoms with Crippen LogP contribution in [0.1, 0.15) is 18.7 Å². The molecule has 0 bridgehead atoms. The monoisotopic (exact) mass is 307 g/mol. The smallest absolute Gasteiger partial charge is 0.227 e. The van der Waals surface area contributed by atoms with Gasteiger partial charge in [-0.15, -0.1) is 0 Å². The molecule has 3 rings (SSSR count). The summed E-state index contributed by atoms with van der Waals surface area (Å²) in [7, 11) is 0. The van der Waals surface area contributed by atoms with Crippen molar-refractivity contribution in [3.63, 3.8) is 0 Å². The summed E-state index contributed by atoms with van der Waals surface area (Å²) < 4.78 is 10.4. The standard InChI is InChI=1S/C14H17N3O3S/c18-12(15-7-10-3-5-19-8-10)1-2-13-16-14(17-20-13)11-4-6-21-9-11/h4,6,9-10H,1-3,5,7-8H2,(H,15,18)/t10-/m0/s1. The highest BCUT2D eigenvalue weighted by Gasteiger charge is 2.16. The maximum absolute atomic E-state index is 11.8. The third kappa shape index (κ3) is 3.89. The molecule has 0 radical (unpaired) electrons. The van der Waals surface area contributed by atoms with Gasteiger partial charge in [-0.25, -0.2) is 0 Å². The van der Waals surface area contributed by atoms with Gasteiger partial charge in [-0.3, -0.25) is 4.79 Å². The van der Waals surface area contributed by atoms with Gasteiger partial charge >= 0.3 is 0 Å². The number of carbonyl (C=O) groups excluding carboxylic acids is 1. The largest absolute Gasteiger partial charge is 0.381 e. The van der Waals surface area contributed by atoms with Gasteiger partial charge in [-0.05, 0) is 17.9 Å². The first kappa shape index (κ1) is 14.2. The predicted octanol–water partition coefficient (Wildman–Crippen LogP) is 1.88.